The molecule has 3 N–H and O–H groups in total. The number of aromatic amines is 1. The normalized spacial score (nSPS) is 21.2. The molecule has 132 valence electrons. The number of carboxylic acids is 1. The van der Waals surface area contributed by atoms with Gasteiger partial charge in [-0.15, -0.1) is 0 Å². The molecule has 1 aliphatic rings. The number of aromatic nitrogens is 3. The summed E-state index contributed by atoms with van der Waals surface area (Å²) in [6.45, 7) is 7.62. The fourth-order valence-corrected chi connectivity index (χ4v) is 3.24. The summed E-state index contributed by atoms with van der Waals surface area (Å²) in [5.41, 5.74) is 0.734. The number of anilines is 1. The molecule has 1 heterocycles. The fraction of sp³-hybridized carbons (Fsp3) is 0.444. The first kappa shape index (κ1) is 17.1. The zero-order valence-corrected chi connectivity index (χ0v) is 14.7. The van der Waals surface area contributed by atoms with Crippen molar-refractivity contribution in [1.29, 1.82) is 0 Å². The SMILES string of the molecule is CC(C)c1nc(-c2ccccc2NC(=O)[C@H]2[C@@H](C(=O)O)C2(C)C)n[nH]1. The molecule has 1 aliphatic carbocycles. The maximum absolute atomic E-state index is 12.6. The molecular weight excluding hydrogens is 320 g/mol. The van der Waals surface area contributed by atoms with Gasteiger partial charge in [-0.1, -0.05) is 39.8 Å². The summed E-state index contributed by atoms with van der Waals surface area (Å²) in [6.07, 6.45) is 0. The number of aliphatic carboxylic acids is 1. The highest BCUT2D eigenvalue weighted by molar-refractivity contribution is 6.01. The summed E-state index contributed by atoms with van der Waals surface area (Å²) < 4.78 is 0. The van der Waals surface area contributed by atoms with Crippen LogP contribution in [0.15, 0.2) is 24.3 Å². The van der Waals surface area contributed by atoms with Crippen LogP contribution in [0.2, 0.25) is 0 Å². The Bertz CT molecular complexity index is 825. The van der Waals surface area contributed by atoms with Crippen molar-refractivity contribution in [3.8, 4) is 11.4 Å². The largest absolute Gasteiger partial charge is 0.481 e. The van der Waals surface area contributed by atoms with Crippen molar-refractivity contribution >= 4 is 17.6 Å². The number of para-hydroxylation sites is 1. The number of carboxylic acid groups (broad SMARTS) is 1. The molecule has 0 saturated heterocycles. The van der Waals surface area contributed by atoms with E-state index in [0.717, 1.165) is 5.82 Å². The summed E-state index contributed by atoms with van der Waals surface area (Å²) in [5.74, 6) is -0.938. The van der Waals surface area contributed by atoms with E-state index in [1.807, 2.05) is 32.0 Å². The van der Waals surface area contributed by atoms with E-state index < -0.39 is 23.2 Å². The Hall–Kier alpha value is -2.70. The molecule has 0 radical (unpaired) electrons. The van der Waals surface area contributed by atoms with Gasteiger partial charge in [-0.3, -0.25) is 14.7 Å². The summed E-state index contributed by atoms with van der Waals surface area (Å²) >= 11 is 0. The predicted octanol–water partition coefficient (Wildman–Crippen LogP) is 2.89. The minimum absolute atomic E-state index is 0.214. The molecule has 7 heteroatoms. The van der Waals surface area contributed by atoms with Gasteiger partial charge in [-0.2, -0.15) is 5.10 Å². The van der Waals surface area contributed by atoms with Crippen molar-refractivity contribution in [1.82, 2.24) is 15.2 Å². The van der Waals surface area contributed by atoms with Crippen LogP contribution >= 0.6 is 0 Å². The van der Waals surface area contributed by atoms with E-state index in [9.17, 15) is 14.7 Å². The Morgan fingerprint density at radius 1 is 1.24 bits per heavy atom. The van der Waals surface area contributed by atoms with Gasteiger partial charge in [0.25, 0.3) is 0 Å². The molecule has 1 saturated carbocycles. The van der Waals surface area contributed by atoms with Crippen molar-refractivity contribution in [2.24, 2.45) is 17.3 Å². The summed E-state index contributed by atoms with van der Waals surface area (Å²) in [7, 11) is 0. The van der Waals surface area contributed by atoms with Gasteiger partial charge in [0.05, 0.1) is 17.5 Å². The molecule has 0 spiro atoms. The number of carbonyl (C=O) groups excluding carboxylic acids is 1. The van der Waals surface area contributed by atoms with Crippen molar-refractivity contribution in [3.63, 3.8) is 0 Å². The highest BCUT2D eigenvalue weighted by Gasteiger charge is 2.65. The lowest BCUT2D eigenvalue weighted by atomic mass is 10.1. The average molecular weight is 342 g/mol. The highest BCUT2D eigenvalue weighted by Crippen LogP contribution is 2.58. The van der Waals surface area contributed by atoms with E-state index in [-0.39, 0.29) is 11.8 Å². The number of benzene rings is 1. The van der Waals surface area contributed by atoms with Gasteiger partial charge in [0, 0.05) is 11.5 Å². The molecule has 0 unspecified atom stereocenters. The predicted molar refractivity (Wildman–Crippen MR) is 92.9 cm³/mol. The summed E-state index contributed by atoms with van der Waals surface area (Å²) in [6, 6.07) is 7.25. The minimum atomic E-state index is -0.936. The van der Waals surface area contributed by atoms with Crippen molar-refractivity contribution in [3.05, 3.63) is 30.1 Å². The van der Waals surface area contributed by atoms with Crippen molar-refractivity contribution in [2.45, 2.75) is 33.6 Å². The van der Waals surface area contributed by atoms with Crippen molar-refractivity contribution < 1.29 is 14.7 Å². The van der Waals surface area contributed by atoms with Crippen LogP contribution < -0.4 is 5.32 Å². The van der Waals surface area contributed by atoms with E-state index in [1.54, 1.807) is 19.9 Å². The third-order valence-corrected chi connectivity index (χ3v) is 4.85. The molecule has 3 rings (SSSR count). The summed E-state index contributed by atoms with van der Waals surface area (Å²) in [4.78, 5) is 28.3. The lowest BCUT2D eigenvalue weighted by Crippen LogP contribution is -2.18. The number of rotatable bonds is 5. The Morgan fingerprint density at radius 2 is 1.92 bits per heavy atom. The first-order valence-electron chi connectivity index (χ1n) is 8.29. The van der Waals surface area contributed by atoms with Crippen LogP contribution in [0, 0.1) is 17.3 Å². The second-order valence-corrected chi connectivity index (χ2v) is 7.35. The second kappa shape index (κ2) is 5.98. The molecule has 1 fully saturated rings. The van der Waals surface area contributed by atoms with E-state index in [0.29, 0.717) is 17.1 Å². The molecule has 2 atom stereocenters. The number of hydrogen-bond acceptors (Lipinski definition) is 4. The lowest BCUT2D eigenvalue weighted by Gasteiger charge is -2.09. The van der Waals surface area contributed by atoms with Crippen LogP contribution in [0.3, 0.4) is 0 Å². The van der Waals surface area contributed by atoms with Crippen LogP contribution in [0.1, 0.15) is 39.4 Å². The first-order chi connectivity index (χ1) is 11.7. The van der Waals surface area contributed by atoms with Gasteiger partial charge in [0.2, 0.25) is 5.91 Å². The maximum Gasteiger partial charge on any atom is 0.307 e. The first-order valence-corrected chi connectivity index (χ1v) is 8.29. The van der Waals surface area contributed by atoms with Gasteiger partial charge < -0.3 is 10.4 Å². The Labute approximate surface area is 145 Å². The van der Waals surface area contributed by atoms with Crippen LogP contribution in [-0.4, -0.2) is 32.2 Å². The molecule has 1 amide bonds. The number of amides is 1. The molecule has 0 bridgehead atoms. The van der Waals surface area contributed by atoms with Crippen LogP contribution in [-0.2, 0) is 9.59 Å². The van der Waals surface area contributed by atoms with E-state index >= 15 is 0 Å². The monoisotopic (exact) mass is 342 g/mol. The van der Waals surface area contributed by atoms with Gasteiger partial charge >= 0.3 is 5.97 Å². The van der Waals surface area contributed by atoms with Gasteiger partial charge in [-0.25, -0.2) is 4.98 Å². The lowest BCUT2D eigenvalue weighted by molar-refractivity contribution is -0.140. The van der Waals surface area contributed by atoms with Crippen molar-refractivity contribution in [2.75, 3.05) is 5.32 Å². The molecule has 1 aromatic heterocycles. The van der Waals surface area contributed by atoms with Gasteiger partial charge in [-0.05, 0) is 17.5 Å². The van der Waals surface area contributed by atoms with Crippen LogP contribution in [0.25, 0.3) is 11.4 Å². The second-order valence-electron chi connectivity index (χ2n) is 7.35. The van der Waals surface area contributed by atoms with Gasteiger partial charge in [0.1, 0.15) is 5.82 Å². The highest BCUT2D eigenvalue weighted by atomic mass is 16.4. The molecule has 0 aliphatic heterocycles. The quantitative estimate of drug-likeness (QED) is 0.774. The molecular formula is C18H22N4O3. The standard InChI is InChI=1S/C18H22N4O3/c1-9(2)14-20-15(22-21-14)10-7-5-6-8-11(10)19-16(23)12-13(17(24)25)18(12,3)4/h5-9,12-13H,1-4H3,(H,19,23)(H,24,25)(H,20,21,22)/t12-,13+/m1/s1. The zero-order valence-electron chi connectivity index (χ0n) is 14.7. The number of carbonyl (C=O) groups is 2. The van der Waals surface area contributed by atoms with E-state index in [1.165, 1.54) is 0 Å². The van der Waals surface area contributed by atoms with E-state index in [2.05, 4.69) is 20.5 Å². The fourth-order valence-electron chi connectivity index (χ4n) is 3.24. The minimum Gasteiger partial charge on any atom is -0.481 e. The smallest absolute Gasteiger partial charge is 0.307 e. The average Bonchev–Trinajstić information content (AvgIpc) is 2.91. The Balaban J connectivity index is 1.84. The van der Waals surface area contributed by atoms with E-state index in [4.69, 9.17) is 0 Å². The topological polar surface area (TPSA) is 108 Å². The number of H-pyrrole nitrogens is 1. The molecule has 1 aromatic carbocycles. The van der Waals surface area contributed by atoms with Gasteiger partial charge in [0.15, 0.2) is 5.82 Å². The maximum atomic E-state index is 12.6. The number of nitrogens with one attached hydrogen (secondary N) is 2. The number of hydrogen-bond donors (Lipinski definition) is 3. The Morgan fingerprint density at radius 3 is 2.48 bits per heavy atom. The van der Waals surface area contributed by atoms with Crippen LogP contribution in [0.5, 0.6) is 0 Å². The third-order valence-electron chi connectivity index (χ3n) is 4.85. The molecule has 7 nitrogen and oxygen atoms in total. The molecule has 2 aromatic rings. The Kier molecular flexibility index (Phi) is 4.10. The molecule has 25 heavy (non-hydrogen) atoms. The van der Waals surface area contributed by atoms with Crippen LogP contribution in [0.4, 0.5) is 5.69 Å². The third kappa shape index (κ3) is 3.01. The summed E-state index contributed by atoms with van der Waals surface area (Å²) in [5, 5.41) is 19.2. The zero-order chi connectivity index (χ0) is 18.4. The number of nitrogens with zero attached hydrogens (tertiary/aromatic N) is 2.